The van der Waals surface area contributed by atoms with E-state index in [1.165, 1.54) is 0 Å². The average molecular weight is 335 g/mol. The topological polar surface area (TPSA) is 80.0 Å². The minimum atomic E-state index is 0.0321. The molecule has 0 atom stereocenters. The van der Waals surface area contributed by atoms with E-state index in [-0.39, 0.29) is 5.91 Å². The van der Waals surface area contributed by atoms with Gasteiger partial charge in [0.05, 0.1) is 5.69 Å². The van der Waals surface area contributed by atoms with Gasteiger partial charge in [-0.25, -0.2) is 0 Å². The Balaban J connectivity index is 1.47. The Morgan fingerprint density at radius 3 is 2.36 bits per heavy atom. The Bertz CT molecular complexity index is 842. The molecule has 25 heavy (non-hydrogen) atoms. The number of aromatic nitrogens is 5. The van der Waals surface area contributed by atoms with Gasteiger partial charge in [-0.3, -0.25) is 9.78 Å². The molecule has 8 heteroatoms. The summed E-state index contributed by atoms with van der Waals surface area (Å²) in [6.07, 6.45) is 3.27. The number of amides is 1. The number of pyridine rings is 1. The lowest BCUT2D eigenvalue weighted by atomic mass is 10.2. The summed E-state index contributed by atoms with van der Waals surface area (Å²) in [5.41, 5.74) is 1.58. The predicted molar refractivity (Wildman–Crippen MR) is 91.5 cm³/mol. The number of piperazine rings is 1. The Morgan fingerprint density at radius 2 is 1.64 bits per heavy atom. The molecule has 3 aromatic rings. The molecule has 0 spiro atoms. The predicted octanol–water partition coefficient (Wildman–Crippen LogP) is 1.02. The normalized spacial score (nSPS) is 14.6. The smallest absolute Gasteiger partial charge is 0.254 e. The Morgan fingerprint density at radius 1 is 0.920 bits per heavy atom. The summed E-state index contributed by atoms with van der Waals surface area (Å²) in [6, 6.07) is 13.3. The second kappa shape index (κ2) is 6.68. The molecule has 1 aliphatic heterocycles. The van der Waals surface area contributed by atoms with Gasteiger partial charge < -0.3 is 9.80 Å². The van der Waals surface area contributed by atoms with Crippen LogP contribution in [0.2, 0.25) is 0 Å². The average Bonchev–Trinajstić information content (AvgIpc) is 3.19. The van der Waals surface area contributed by atoms with Crippen molar-refractivity contribution in [2.45, 2.75) is 0 Å². The van der Waals surface area contributed by atoms with E-state index in [1.807, 2.05) is 35.2 Å². The summed E-state index contributed by atoms with van der Waals surface area (Å²) in [5, 5.41) is 12.1. The zero-order valence-electron chi connectivity index (χ0n) is 13.6. The van der Waals surface area contributed by atoms with E-state index in [2.05, 4.69) is 25.4 Å². The van der Waals surface area contributed by atoms with E-state index < -0.39 is 0 Å². The number of hydrogen-bond donors (Lipinski definition) is 0. The Labute approximate surface area is 144 Å². The number of hydrogen-bond acceptors (Lipinski definition) is 6. The number of para-hydroxylation sites is 1. The third-order valence-corrected chi connectivity index (χ3v) is 4.23. The van der Waals surface area contributed by atoms with E-state index in [4.69, 9.17) is 0 Å². The van der Waals surface area contributed by atoms with Gasteiger partial charge in [-0.05, 0) is 34.7 Å². The first-order chi connectivity index (χ1) is 12.3. The van der Waals surface area contributed by atoms with E-state index in [0.717, 1.165) is 5.69 Å². The van der Waals surface area contributed by atoms with Crippen LogP contribution < -0.4 is 4.90 Å². The standard InChI is InChI=1S/C17H17N7O/c25-16(14-6-8-18-9-7-14)22-10-12-23(13-11-22)17-19-20-21-24(17)15-4-2-1-3-5-15/h1-9H,10-13H2. The molecule has 1 aliphatic rings. The maximum Gasteiger partial charge on any atom is 0.254 e. The van der Waals surface area contributed by atoms with Gasteiger partial charge in [-0.1, -0.05) is 23.3 Å². The summed E-state index contributed by atoms with van der Waals surface area (Å²) in [7, 11) is 0. The van der Waals surface area contributed by atoms with Gasteiger partial charge in [-0.15, -0.1) is 0 Å². The van der Waals surface area contributed by atoms with Crippen molar-refractivity contribution in [2.75, 3.05) is 31.1 Å². The zero-order chi connectivity index (χ0) is 17.1. The molecule has 0 unspecified atom stereocenters. The zero-order valence-corrected chi connectivity index (χ0v) is 13.6. The summed E-state index contributed by atoms with van der Waals surface area (Å²) in [5.74, 6) is 0.729. The molecular weight excluding hydrogens is 318 g/mol. The van der Waals surface area contributed by atoms with Crippen LogP contribution in [0.15, 0.2) is 54.9 Å². The minimum Gasteiger partial charge on any atom is -0.336 e. The van der Waals surface area contributed by atoms with Crippen molar-refractivity contribution < 1.29 is 4.79 Å². The number of rotatable bonds is 3. The quantitative estimate of drug-likeness (QED) is 0.711. The first kappa shape index (κ1) is 15.3. The molecule has 0 N–H and O–H groups in total. The third-order valence-electron chi connectivity index (χ3n) is 4.23. The fourth-order valence-electron chi connectivity index (χ4n) is 2.90. The molecule has 0 aliphatic carbocycles. The van der Waals surface area contributed by atoms with Gasteiger partial charge >= 0.3 is 0 Å². The van der Waals surface area contributed by atoms with Gasteiger partial charge in [0.15, 0.2) is 0 Å². The van der Waals surface area contributed by atoms with Crippen LogP contribution in [0.5, 0.6) is 0 Å². The van der Waals surface area contributed by atoms with Crippen LogP contribution >= 0.6 is 0 Å². The van der Waals surface area contributed by atoms with Gasteiger partial charge in [-0.2, -0.15) is 4.68 Å². The van der Waals surface area contributed by atoms with Gasteiger partial charge in [0.25, 0.3) is 5.91 Å². The third kappa shape index (κ3) is 3.06. The fourth-order valence-corrected chi connectivity index (χ4v) is 2.90. The van der Waals surface area contributed by atoms with Crippen molar-refractivity contribution in [1.29, 1.82) is 0 Å². The number of carbonyl (C=O) groups excluding carboxylic acids is 1. The molecular formula is C17H17N7O. The second-order valence-corrected chi connectivity index (χ2v) is 5.74. The minimum absolute atomic E-state index is 0.0321. The monoisotopic (exact) mass is 335 g/mol. The highest BCUT2D eigenvalue weighted by Gasteiger charge is 2.25. The van der Waals surface area contributed by atoms with Crippen molar-refractivity contribution in [1.82, 2.24) is 30.1 Å². The van der Waals surface area contributed by atoms with Gasteiger partial charge in [0.2, 0.25) is 5.95 Å². The van der Waals surface area contributed by atoms with Gasteiger partial charge in [0.1, 0.15) is 0 Å². The van der Waals surface area contributed by atoms with Crippen molar-refractivity contribution in [2.24, 2.45) is 0 Å². The largest absolute Gasteiger partial charge is 0.336 e. The first-order valence-electron chi connectivity index (χ1n) is 8.11. The summed E-state index contributed by atoms with van der Waals surface area (Å²) in [4.78, 5) is 20.4. The summed E-state index contributed by atoms with van der Waals surface area (Å²) < 4.78 is 1.72. The van der Waals surface area contributed by atoms with Crippen LogP contribution in [0.4, 0.5) is 5.95 Å². The number of anilines is 1. The van der Waals surface area contributed by atoms with E-state index in [0.29, 0.717) is 37.7 Å². The molecule has 1 saturated heterocycles. The number of nitrogens with zero attached hydrogens (tertiary/aromatic N) is 7. The lowest BCUT2D eigenvalue weighted by Gasteiger charge is -2.34. The van der Waals surface area contributed by atoms with Crippen LogP contribution in [0.25, 0.3) is 5.69 Å². The van der Waals surface area contributed by atoms with Crippen molar-refractivity contribution >= 4 is 11.9 Å². The molecule has 1 aromatic carbocycles. The highest BCUT2D eigenvalue weighted by Crippen LogP contribution is 2.17. The maximum atomic E-state index is 12.5. The van der Waals surface area contributed by atoms with Crippen LogP contribution in [0.3, 0.4) is 0 Å². The van der Waals surface area contributed by atoms with Crippen molar-refractivity contribution in [3.05, 3.63) is 60.4 Å². The van der Waals surface area contributed by atoms with Crippen LogP contribution in [0.1, 0.15) is 10.4 Å². The number of carbonyl (C=O) groups is 1. The molecule has 0 bridgehead atoms. The fraction of sp³-hybridized carbons (Fsp3) is 0.235. The van der Waals surface area contributed by atoms with Crippen LogP contribution in [0, 0.1) is 0 Å². The van der Waals surface area contributed by atoms with Crippen molar-refractivity contribution in [3.8, 4) is 5.69 Å². The van der Waals surface area contributed by atoms with Crippen LogP contribution in [-0.2, 0) is 0 Å². The van der Waals surface area contributed by atoms with Crippen LogP contribution in [-0.4, -0.2) is 62.2 Å². The lowest BCUT2D eigenvalue weighted by molar-refractivity contribution is 0.0746. The molecule has 2 aromatic heterocycles. The number of tetrazole rings is 1. The molecule has 0 saturated carbocycles. The molecule has 3 heterocycles. The van der Waals surface area contributed by atoms with Gasteiger partial charge in [0, 0.05) is 44.1 Å². The maximum absolute atomic E-state index is 12.5. The number of benzene rings is 1. The SMILES string of the molecule is O=C(c1ccncc1)N1CCN(c2nnnn2-c2ccccc2)CC1. The van der Waals surface area contributed by atoms with E-state index in [9.17, 15) is 4.79 Å². The molecule has 0 radical (unpaired) electrons. The highest BCUT2D eigenvalue weighted by atomic mass is 16.2. The Kier molecular flexibility index (Phi) is 4.07. The van der Waals surface area contributed by atoms with Crippen molar-refractivity contribution in [3.63, 3.8) is 0 Å². The molecule has 1 fully saturated rings. The van der Waals surface area contributed by atoms with E-state index in [1.54, 1.807) is 29.2 Å². The Hall–Kier alpha value is -3.29. The molecule has 126 valence electrons. The first-order valence-corrected chi connectivity index (χ1v) is 8.11. The lowest BCUT2D eigenvalue weighted by Crippen LogP contribution is -2.49. The summed E-state index contributed by atoms with van der Waals surface area (Å²) >= 11 is 0. The molecule has 8 nitrogen and oxygen atoms in total. The summed E-state index contributed by atoms with van der Waals surface area (Å²) in [6.45, 7) is 2.62. The molecule has 4 rings (SSSR count). The second-order valence-electron chi connectivity index (χ2n) is 5.74. The highest BCUT2D eigenvalue weighted by molar-refractivity contribution is 5.94. The van der Waals surface area contributed by atoms with E-state index >= 15 is 0 Å². The molecule has 1 amide bonds.